The third-order valence-electron chi connectivity index (χ3n) is 2.50. The largest absolute Gasteiger partial charge is 0.480 e. The van der Waals surface area contributed by atoms with Crippen molar-refractivity contribution in [3.63, 3.8) is 0 Å². The number of rotatable bonds is 8. The fraction of sp³-hybridized carbons (Fsp3) is 0.800. The van der Waals surface area contributed by atoms with Crippen molar-refractivity contribution < 1.29 is 19.8 Å². The number of aliphatic carboxylic acids is 2. The van der Waals surface area contributed by atoms with Crippen molar-refractivity contribution >= 4 is 37.2 Å². The van der Waals surface area contributed by atoms with E-state index in [9.17, 15) is 9.59 Å². The van der Waals surface area contributed by atoms with Crippen LogP contribution in [0.2, 0.25) is 0 Å². The molecule has 0 saturated carbocycles. The molecule has 0 rings (SSSR count). The summed E-state index contributed by atoms with van der Waals surface area (Å²) in [5.41, 5.74) is 0. The van der Waals surface area contributed by atoms with Gasteiger partial charge in [-0.1, -0.05) is 13.8 Å². The van der Waals surface area contributed by atoms with Crippen LogP contribution in [0.1, 0.15) is 26.7 Å². The first kappa shape index (κ1) is 16.6. The minimum absolute atomic E-state index is 0.438. The van der Waals surface area contributed by atoms with Crippen molar-refractivity contribution in [3.8, 4) is 0 Å². The highest BCUT2D eigenvalue weighted by Gasteiger charge is 2.32. The molecule has 0 aromatic carbocycles. The van der Waals surface area contributed by atoms with Gasteiger partial charge in [0.05, 0.1) is 0 Å². The molecule has 0 aliphatic rings. The van der Waals surface area contributed by atoms with Crippen molar-refractivity contribution in [2.24, 2.45) is 0 Å². The summed E-state index contributed by atoms with van der Waals surface area (Å²) in [5.74, 6) is -2.20. The number of carboxylic acids is 2. The van der Waals surface area contributed by atoms with E-state index in [-0.39, 0.29) is 0 Å². The van der Waals surface area contributed by atoms with E-state index in [4.69, 9.17) is 10.2 Å². The number of hydrogen-bond acceptors (Lipinski definition) is 5. The van der Waals surface area contributed by atoms with Gasteiger partial charge in [0.2, 0.25) is 0 Å². The highest BCUT2D eigenvalue weighted by atomic mass is 32.1. The van der Waals surface area contributed by atoms with Gasteiger partial charge in [0.1, 0.15) is 12.1 Å². The normalized spacial score (nSPS) is 18.1. The predicted octanol–water partition coefficient (Wildman–Crippen LogP) is 0.899. The fourth-order valence-corrected chi connectivity index (χ4v) is 1.79. The molecule has 17 heavy (non-hydrogen) atoms. The molecule has 3 N–H and O–H groups in total. The molecule has 5 nitrogen and oxygen atoms in total. The van der Waals surface area contributed by atoms with Crippen molar-refractivity contribution in [2.45, 2.75) is 49.3 Å². The van der Waals surface area contributed by atoms with Crippen molar-refractivity contribution in [3.05, 3.63) is 0 Å². The second-order valence-electron chi connectivity index (χ2n) is 3.75. The lowest BCUT2D eigenvalue weighted by Crippen LogP contribution is -2.54. The average molecular weight is 281 g/mol. The Kier molecular flexibility index (Phi) is 7.65. The molecule has 0 aromatic heterocycles. The number of thiol groups is 2. The van der Waals surface area contributed by atoms with Crippen LogP contribution in [0.3, 0.4) is 0 Å². The molecule has 4 atom stereocenters. The summed E-state index contributed by atoms with van der Waals surface area (Å²) in [4.78, 5) is 22.1. The highest BCUT2D eigenvalue weighted by Crippen LogP contribution is 2.13. The molecule has 0 radical (unpaired) electrons. The summed E-state index contributed by atoms with van der Waals surface area (Å²) in [5, 5.41) is 19.8. The molecule has 0 spiro atoms. The molecule has 0 aromatic rings. The summed E-state index contributed by atoms with van der Waals surface area (Å²) in [7, 11) is 0. The van der Waals surface area contributed by atoms with Crippen LogP contribution in [0.25, 0.3) is 0 Å². The third kappa shape index (κ3) is 5.18. The third-order valence-corrected chi connectivity index (χ3v) is 3.82. The SMILES string of the molecule is CCC(S)C(NC(C(=O)O)C(S)CC)C(=O)O. The van der Waals surface area contributed by atoms with Gasteiger partial charge in [-0.25, -0.2) is 0 Å². The number of nitrogens with one attached hydrogen (secondary N) is 1. The zero-order valence-electron chi connectivity index (χ0n) is 9.83. The lowest BCUT2D eigenvalue weighted by Gasteiger charge is -2.26. The molecule has 0 fully saturated rings. The average Bonchev–Trinajstić information content (AvgIpc) is 2.27. The summed E-state index contributed by atoms with van der Waals surface area (Å²) in [6, 6.07) is -1.99. The van der Waals surface area contributed by atoms with Gasteiger partial charge in [-0.3, -0.25) is 14.9 Å². The molecule has 0 heterocycles. The molecule has 0 aliphatic heterocycles. The summed E-state index contributed by atoms with van der Waals surface area (Å²) < 4.78 is 0. The Morgan fingerprint density at radius 1 is 1.00 bits per heavy atom. The van der Waals surface area contributed by atoms with E-state index in [0.717, 1.165) is 0 Å². The highest BCUT2D eigenvalue weighted by molar-refractivity contribution is 7.81. The van der Waals surface area contributed by atoms with Crippen LogP contribution in [0, 0.1) is 0 Å². The van der Waals surface area contributed by atoms with E-state index in [2.05, 4.69) is 30.6 Å². The van der Waals surface area contributed by atoms with E-state index in [1.807, 2.05) is 0 Å². The van der Waals surface area contributed by atoms with E-state index >= 15 is 0 Å². The van der Waals surface area contributed by atoms with E-state index in [1.54, 1.807) is 13.8 Å². The van der Waals surface area contributed by atoms with Gasteiger partial charge in [-0.15, -0.1) is 0 Å². The molecule has 0 bridgehead atoms. The first-order valence-electron chi connectivity index (χ1n) is 5.42. The molecule has 7 heteroatoms. The van der Waals surface area contributed by atoms with Crippen molar-refractivity contribution in [2.75, 3.05) is 0 Å². The van der Waals surface area contributed by atoms with Gasteiger partial charge in [0, 0.05) is 10.5 Å². The van der Waals surface area contributed by atoms with Gasteiger partial charge in [0.15, 0.2) is 0 Å². The van der Waals surface area contributed by atoms with Crippen LogP contribution < -0.4 is 5.32 Å². The van der Waals surface area contributed by atoms with Crippen molar-refractivity contribution in [1.82, 2.24) is 5.32 Å². The van der Waals surface area contributed by atoms with Crippen LogP contribution in [0.4, 0.5) is 0 Å². The Bertz CT molecular complexity index is 249. The maximum atomic E-state index is 11.0. The molecular weight excluding hydrogens is 262 g/mol. The molecule has 4 unspecified atom stereocenters. The second kappa shape index (κ2) is 7.84. The monoisotopic (exact) mass is 281 g/mol. The van der Waals surface area contributed by atoms with Crippen LogP contribution in [-0.4, -0.2) is 44.7 Å². The van der Waals surface area contributed by atoms with E-state index in [0.29, 0.717) is 12.8 Å². The zero-order valence-corrected chi connectivity index (χ0v) is 11.6. The standard InChI is InChI=1S/C10H19NO4S2/c1-3-5(16)7(9(12)13)11-8(10(14)15)6(17)4-2/h5-8,11,16-17H,3-4H2,1-2H3,(H,12,13)(H,14,15). The first-order chi connectivity index (χ1) is 7.84. The van der Waals surface area contributed by atoms with E-state index < -0.39 is 34.5 Å². The number of carboxylic acid groups (broad SMARTS) is 2. The van der Waals surface area contributed by atoms with Crippen LogP contribution in [-0.2, 0) is 9.59 Å². The summed E-state index contributed by atoms with van der Waals surface area (Å²) >= 11 is 8.29. The fourth-order valence-electron chi connectivity index (χ4n) is 1.36. The lowest BCUT2D eigenvalue weighted by molar-refractivity contribution is -0.142. The van der Waals surface area contributed by atoms with Crippen LogP contribution in [0.15, 0.2) is 0 Å². The molecule has 100 valence electrons. The van der Waals surface area contributed by atoms with Crippen LogP contribution >= 0.6 is 25.3 Å². The van der Waals surface area contributed by atoms with E-state index in [1.165, 1.54) is 0 Å². The number of hydrogen-bond donors (Lipinski definition) is 5. The van der Waals surface area contributed by atoms with Gasteiger partial charge >= 0.3 is 11.9 Å². The zero-order chi connectivity index (χ0) is 13.6. The quantitative estimate of drug-likeness (QED) is 0.427. The smallest absolute Gasteiger partial charge is 0.321 e. The summed E-state index contributed by atoms with van der Waals surface area (Å²) in [6.07, 6.45) is 1.06. The Balaban J connectivity index is 4.80. The Hall–Kier alpha value is -0.400. The summed E-state index contributed by atoms with van der Waals surface area (Å²) in [6.45, 7) is 3.59. The second-order valence-corrected chi connectivity index (χ2v) is 5.08. The predicted molar refractivity (Wildman–Crippen MR) is 72.1 cm³/mol. The Labute approximate surface area is 112 Å². The number of carbonyl (C=O) groups is 2. The maximum Gasteiger partial charge on any atom is 0.321 e. The molecular formula is C10H19NO4S2. The van der Waals surface area contributed by atoms with Gasteiger partial charge in [-0.05, 0) is 12.8 Å². The Morgan fingerprint density at radius 3 is 1.47 bits per heavy atom. The lowest BCUT2D eigenvalue weighted by atomic mass is 10.1. The first-order valence-corrected chi connectivity index (χ1v) is 6.46. The molecule has 0 aliphatic carbocycles. The molecule has 0 saturated heterocycles. The minimum atomic E-state index is -1.10. The van der Waals surface area contributed by atoms with Crippen molar-refractivity contribution in [1.29, 1.82) is 0 Å². The maximum absolute atomic E-state index is 11.0. The Morgan fingerprint density at radius 2 is 1.29 bits per heavy atom. The topological polar surface area (TPSA) is 86.6 Å². The van der Waals surface area contributed by atoms with Crippen LogP contribution in [0.5, 0.6) is 0 Å². The van der Waals surface area contributed by atoms with Gasteiger partial charge in [0.25, 0.3) is 0 Å². The minimum Gasteiger partial charge on any atom is -0.480 e. The molecule has 0 amide bonds. The van der Waals surface area contributed by atoms with Gasteiger partial charge < -0.3 is 10.2 Å². The van der Waals surface area contributed by atoms with Gasteiger partial charge in [-0.2, -0.15) is 25.3 Å².